The Bertz CT molecular complexity index is 617. The van der Waals surface area contributed by atoms with E-state index in [0.29, 0.717) is 18.3 Å². The molecule has 0 spiro atoms. The largest absolute Gasteiger partial charge is 0.481 e. The van der Waals surface area contributed by atoms with Gasteiger partial charge in [-0.2, -0.15) is 0 Å². The summed E-state index contributed by atoms with van der Waals surface area (Å²) in [7, 11) is 0. The summed E-state index contributed by atoms with van der Waals surface area (Å²) in [6.45, 7) is 8.86. The molecule has 3 nitrogen and oxygen atoms in total. The molecule has 0 aromatic heterocycles. The minimum absolute atomic E-state index is 0.0514. The van der Waals surface area contributed by atoms with Crippen LogP contribution in [0.25, 0.3) is 0 Å². The standard InChI is InChI=1S/C22H34O3/c1-15(2)16-6-7-18-17(14-16)8-11-22(12-13-23)20(18,3)9-5-10-21(22,4)19(24)25/h8,14-15,18,23H,5-7,9-13H2,1-4H3,(H,24,25)/t18-,20+,21-,22?/m0/s1. The summed E-state index contributed by atoms with van der Waals surface area (Å²) in [6, 6.07) is 0. The van der Waals surface area contributed by atoms with Crippen molar-refractivity contribution < 1.29 is 15.0 Å². The van der Waals surface area contributed by atoms with Crippen molar-refractivity contribution in [2.75, 3.05) is 6.61 Å². The molecule has 3 aliphatic rings. The molecule has 3 rings (SSSR count). The molecule has 3 heteroatoms. The first-order chi connectivity index (χ1) is 11.7. The monoisotopic (exact) mass is 346 g/mol. The molecule has 1 saturated carbocycles. The van der Waals surface area contributed by atoms with Gasteiger partial charge in [0.15, 0.2) is 0 Å². The number of hydrogen-bond donors (Lipinski definition) is 2. The zero-order valence-corrected chi connectivity index (χ0v) is 16.3. The highest BCUT2D eigenvalue weighted by atomic mass is 16.4. The van der Waals surface area contributed by atoms with Gasteiger partial charge in [0.2, 0.25) is 0 Å². The second-order valence-electron chi connectivity index (χ2n) is 9.34. The number of carboxylic acids is 1. The van der Waals surface area contributed by atoms with Gasteiger partial charge in [0.05, 0.1) is 5.41 Å². The van der Waals surface area contributed by atoms with Crippen LogP contribution in [0.1, 0.15) is 72.6 Å². The third kappa shape index (κ3) is 2.45. The first-order valence-corrected chi connectivity index (χ1v) is 9.96. The Morgan fingerprint density at radius 1 is 1.32 bits per heavy atom. The van der Waals surface area contributed by atoms with Crippen molar-refractivity contribution in [2.45, 2.75) is 72.6 Å². The quantitative estimate of drug-likeness (QED) is 0.756. The summed E-state index contributed by atoms with van der Waals surface area (Å²) in [5.74, 6) is 0.321. The van der Waals surface area contributed by atoms with Crippen LogP contribution in [0.3, 0.4) is 0 Å². The van der Waals surface area contributed by atoms with Crippen LogP contribution in [0.2, 0.25) is 0 Å². The smallest absolute Gasteiger partial charge is 0.309 e. The summed E-state index contributed by atoms with van der Waals surface area (Å²) in [4.78, 5) is 12.3. The van der Waals surface area contributed by atoms with Gasteiger partial charge in [0.25, 0.3) is 0 Å². The average Bonchev–Trinajstić information content (AvgIpc) is 2.56. The Morgan fingerprint density at radius 3 is 2.64 bits per heavy atom. The highest BCUT2D eigenvalue weighted by Gasteiger charge is 2.66. The van der Waals surface area contributed by atoms with Crippen molar-refractivity contribution in [2.24, 2.45) is 28.1 Å². The number of rotatable bonds is 4. The molecule has 2 N–H and O–H groups in total. The van der Waals surface area contributed by atoms with Crippen molar-refractivity contribution in [1.29, 1.82) is 0 Å². The van der Waals surface area contributed by atoms with E-state index < -0.39 is 11.4 Å². The maximum atomic E-state index is 12.3. The fourth-order valence-corrected chi connectivity index (χ4v) is 6.55. The number of fused-ring (bicyclic) bond motifs is 3. The van der Waals surface area contributed by atoms with E-state index in [1.54, 1.807) is 0 Å². The van der Waals surface area contributed by atoms with Gasteiger partial charge in [-0.1, -0.05) is 44.9 Å². The van der Waals surface area contributed by atoms with Crippen LogP contribution >= 0.6 is 0 Å². The van der Waals surface area contributed by atoms with Crippen LogP contribution in [-0.4, -0.2) is 22.8 Å². The molecular weight excluding hydrogens is 312 g/mol. The molecule has 1 fully saturated rings. The number of carboxylic acid groups (broad SMARTS) is 1. The number of carbonyl (C=O) groups is 1. The third-order valence-electron chi connectivity index (χ3n) is 8.21. The summed E-state index contributed by atoms with van der Waals surface area (Å²) in [5.41, 5.74) is 1.80. The SMILES string of the molecule is CC(C)C1=CC2=CCC3(CCO)[C@](C)(C(=O)O)CCC[C@]3(C)[C@H]2CC1. The van der Waals surface area contributed by atoms with Gasteiger partial charge in [-0.05, 0) is 73.7 Å². The van der Waals surface area contributed by atoms with E-state index >= 15 is 0 Å². The average molecular weight is 347 g/mol. The summed E-state index contributed by atoms with van der Waals surface area (Å²) >= 11 is 0. The van der Waals surface area contributed by atoms with Crippen molar-refractivity contribution >= 4 is 5.97 Å². The van der Waals surface area contributed by atoms with Crippen LogP contribution in [-0.2, 0) is 4.79 Å². The first-order valence-electron chi connectivity index (χ1n) is 9.96. The lowest BCUT2D eigenvalue weighted by Crippen LogP contribution is -2.62. The second-order valence-corrected chi connectivity index (χ2v) is 9.34. The topological polar surface area (TPSA) is 57.5 Å². The molecule has 0 radical (unpaired) electrons. The fourth-order valence-electron chi connectivity index (χ4n) is 6.55. The zero-order valence-electron chi connectivity index (χ0n) is 16.3. The second kappa shape index (κ2) is 6.26. The predicted octanol–water partition coefficient (Wildman–Crippen LogP) is 4.96. The Labute approximate surface area is 152 Å². The number of hydrogen-bond acceptors (Lipinski definition) is 2. The van der Waals surface area contributed by atoms with Crippen LogP contribution in [0.5, 0.6) is 0 Å². The molecule has 0 aromatic rings. The van der Waals surface area contributed by atoms with E-state index in [4.69, 9.17) is 0 Å². The molecule has 4 atom stereocenters. The minimum Gasteiger partial charge on any atom is -0.481 e. The van der Waals surface area contributed by atoms with Crippen molar-refractivity contribution in [3.05, 3.63) is 23.3 Å². The maximum absolute atomic E-state index is 12.3. The number of allylic oxidation sites excluding steroid dienone is 4. The Morgan fingerprint density at radius 2 is 2.04 bits per heavy atom. The van der Waals surface area contributed by atoms with Crippen molar-refractivity contribution in [1.82, 2.24) is 0 Å². The van der Waals surface area contributed by atoms with Crippen LogP contribution in [0, 0.1) is 28.1 Å². The van der Waals surface area contributed by atoms with Crippen LogP contribution < -0.4 is 0 Å². The predicted molar refractivity (Wildman–Crippen MR) is 100 cm³/mol. The van der Waals surface area contributed by atoms with E-state index in [1.807, 2.05) is 6.92 Å². The van der Waals surface area contributed by atoms with E-state index in [2.05, 4.69) is 32.9 Å². The molecule has 0 saturated heterocycles. The summed E-state index contributed by atoms with van der Waals surface area (Å²) < 4.78 is 0. The lowest BCUT2D eigenvalue weighted by Gasteiger charge is -2.65. The molecule has 0 aromatic carbocycles. The Balaban J connectivity index is 2.13. The molecule has 1 unspecified atom stereocenters. The van der Waals surface area contributed by atoms with Crippen LogP contribution in [0.15, 0.2) is 23.3 Å². The summed E-state index contributed by atoms with van der Waals surface area (Å²) in [6.07, 6.45) is 11.1. The highest BCUT2D eigenvalue weighted by Crippen LogP contribution is 2.70. The zero-order chi connectivity index (χ0) is 18.5. The lowest BCUT2D eigenvalue weighted by molar-refractivity contribution is -0.190. The molecule has 140 valence electrons. The third-order valence-corrected chi connectivity index (χ3v) is 8.21. The minimum atomic E-state index is -0.757. The van der Waals surface area contributed by atoms with Crippen LogP contribution in [0.4, 0.5) is 0 Å². The van der Waals surface area contributed by atoms with Gasteiger partial charge in [-0.25, -0.2) is 0 Å². The van der Waals surface area contributed by atoms with Gasteiger partial charge in [0.1, 0.15) is 0 Å². The van der Waals surface area contributed by atoms with Gasteiger partial charge < -0.3 is 10.2 Å². The number of aliphatic hydroxyl groups is 1. The van der Waals surface area contributed by atoms with Crippen molar-refractivity contribution in [3.63, 3.8) is 0 Å². The molecule has 0 bridgehead atoms. The number of aliphatic hydroxyl groups excluding tert-OH is 1. The molecule has 0 aliphatic heterocycles. The van der Waals surface area contributed by atoms with E-state index in [1.165, 1.54) is 11.1 Å². The molecule has 0 heterocycles. The highest BCUT2D eigenvalue weighted by molar-refractivity contribution is 5.76. The van der Waals surface area contributed by atoms with E-state index in [9.17, 15) is 15.0 Å². The molecule has 0 amide bonds. The van der Waals surface area contributed by atoms with E-state index in [-0.39, 0.29) is 17.4 Å². The molecular formula is C22H34O3. The van der Waals surface area contributed by atoms with Gasteiger partial charge in [-0.15, -0.1) is 0 Å². The fraction of sp³-hybridized carbons (Fsp3) is 0.773. The van der Waals surface area contributed by atoms with Gasteiger partial charge >= 0.3 is 5.97 Å². The van der Waals surface area contributed by atoms with Crippen molar-refractivity contribution in [3.8, 4) is 0 Å². The molecule has 25 heavy (non-hydrogen) atoms. The lowest BCUT2D eigenvalue weighted by atomic mass is 9.38. The summed E-state index contributed by atoms with van der Waals surface area (Å²) in [5, 5.41) is 20.0. The maximum Gasteiger partial charge on any atom is 0.309 e. The molecule has 3 aliphatic carbocycles. The van der Waals surface area contributed by atoms with Gasteiger partial charge in [-0.3, -0.25) is 4.79 Å². The first kappa shape index (κ1) is 18.7. The Kier molecular flexibility index (Phi) is 4.68. The number of aliphatic carboxylic acids is 1. The normalized spacial score (nSPS) is 40.8. The Hall–Kier alpha value is -1.09. The van der Waals surface area contributed by atoms with Gasteiger partial charge in [0, 0.05) is 6.61 Å². The van der Waals surface area contributed by atoms with E-state index in [0.717, 1.165) is 38.5 Å².